The third-order valence-electron chi connectivity index (χ3n) is 10.1. The summed E-state index contributed by atoms with van der Waals surface area (Å²) in [6.45, 7) is 21.4. The van der Waals surface area contributed by atoms with Gasteiger partial charge in [0.05, 0.1) is 30.2 Å². The van der Waals surface area contributed by atoms with Gasteiger partial charge in [-0.05, 0) is 113 Å². The highest BCUT2D eigenvalue weighted by molar-refractivity contribution is 6.57. The van der Waals surface area contributed by atoms with E-state index < -0.39 is 35.0 Å². The lowest BCUT2D eigenvalue weighted by molar-refractivity contribution is -0.143. The van der Waals surface area contributed by atoms with Crippen molar-refractivity contribution in [2.24, 2.45) is 23.7 Å². The summed E-state index contributed by atoms with van der Waals surface area (Å²) in [6.07, 6.45) is 8.09. The number of carboxylic acids is 1. The fourth-order valence-corrected chi connectivity index (χ4v) is 8.42. The molecule has 0 aromatic carbocycles. The van der Waals surface area contributed by atoms with Crippen LogP contribution in [0.2, 0.25) is 0 Å². The molecule has 2 saturated heterocycles. The van der Waals surface area contributed by atoms with Gasteiger partial charge >= 0.3 is 5.97 Å². The summed E-state index contributed by atoms with van der Waals surface area (Å²) in [4.78, 5) is 51.1. The molecule has 12 heteroatoms. The molecule has 0 aromatic heterocycles. The van der Waals surface area contributed by atoms with Crippen LogP contribution in [0.1, 0.15) is 115 Å². The monoisotopic (exact) mass is 665 g/mol. The zero-order chi connectivity index (χ0) is 36.5. The normalized spacial score (nSPS) is 32.3. The molecule has 48 heavy (non-hydrogen) atoms. The molecule has 2 fully saturated rings. The van der Waals surface area contributed by atoms with Crippen molar-refractivity contribution in [2.75, 3.05) is 0 Å². The maximum Gasteiger partial charge on any atom is 0.307 e. The second kappa shape index (κ2) is 15.1. The molecule has 10 nitrogen and oxygen atoms in total. The minimum Gasteiger partial charge on any atom is -0.481 e. The number of rotatable bonds is 8. The van der Waals surface area contributed by atoms with Gasteiger partial charge in [-0.3, -0.25) is 19.2 Å². The molecule has 0 saturated carbocycles. The van der Waals surface area contributed by atoms with E-state index in [0.29, 0.717) is 19.3 Å². The molecule has 0 bridgehead atoms. The van der Waals surface area contributed by atoms with Gasteiger partial charge in [0.1, 0.15) is 11.4 Å². The number of carbonyl (C=O) groups is 4. The first-order valence-electron chi connectivity index (χ1n) is 17.4. The Balaban J connectivity index is 0.000000264. The minimum absolute atomic E-state index is 0.0554. The molecule has 2 N–H and O–H groups in total. The van der Waals surface area contributed by atoms with Crippen LogP contribution < -0.4 is 5.32 Å². The van der Waals surface area contributed by atoms with E-state index in [1.165, 1.54) is 5.57 Å². The summed E-state index contributed by atoms with van der Waals surface area (Å²) < 4.78 is 12.3. The van der Waals surface area contributed by atoms with Crippen LogP contribution in [0, 0.1) is 23.7 Å². The van der Waals surface area contributed by atoms with Gasteiger partial charge in [0.15, 0.2) is 11.6 Å². The number of ether oxygens (including phenoxy) is 2. The number of allylic oxidation sites excluding steroid dienone is 4. The van der Waals surface area contributed by atoms with E-state index in [2.05, 4.69) is 18.3 Å². The van der Waals surface area contributed by atoms with Crippen LogP contribution in [0.15, 0.2) is 23.3 Å². The molecule has 4 aliphatic rings. The number of carboxylic acid groups (broad SMARTS) is 1. The summed E-state index contributed by atoms with van der Waals surface area (Å²) in [7, 11) is 11.1. The highest BCUT2D eigenvalue weighted by atomic mass is 16.5. The first-order chi connectivity index (χ1) is 22.0. The molecule has 8 atom stereocenters. The molecule has 4 unspecified atom stereocenters. The maximum atomic E-state index is 12.8. The van der Waals surface area contributed by atoms with E-state index >= 15 is 0 Å². The number of hydrogen-bond acceptors (Lipinski definition) is 6. The van der Waals surface area contributed by atoms with Crippen LogP contribution in [0.4, 0.5) is 9.59 Å². The molecule has 2 heterocycles. The molecular formula is C36H57B2N3O7. The number of nitrogens with one attached hydrogen (secondary N) is 1. The highest BCUT2D eigenvalue weighted by Gasteiger charge is 2.50. The fourth-order valence-electron chi connectivity index (χ4n) is 8.42. The second-order valence-corrected chi connectivity index (χ2v) is 16.1. The zero-order valence-electron chi connectivity index (χ0n) is 31.0. The molecule has 0 aromatic rings. The van der Waals surface area contributed by atoms with Gasteiger partial charge in [-0.25, -0.2) is 0 Å². The van der Waals surface area contributed by atoms with Gasteiger partial charge in [-0.15, -0.1) is 0 Å². The molecule has 264 valence electrons. The van der Waals surface area contributed by atoms with Crippen molar-refractivity contribution < 1.29 is 33.8 Å². The van der Waals surface area contributed by atoms with Crippen molar-refractivity contribution in [3.05, 3.63) is 23.3 Å². The van der Waals surface area contributed by atoms with Crippen molar-refractivity contribution in [3.63, 3.8) is 0 Å². The first-order valence-corrected chi connectivity index (χ1v) is 17.4. The van der Waals surface area contributed by atoms with Crippen molar-refractivity contribution in [1.82, 2.24) is 15.1 Å². The average Bonchev–Trinajstić information content (AvgIpc) is 3.62. The van der Waals surface area contributed by atoms with E-state index in [1.807, 2.05) is 75.3 Å². The third kappa shape index (κ3) is 9.14. The summed E-state index contributed by atoms with van der Waals surface area (Å²) >= 11 is 0. The molecule has 4 rings (SSSR count). The number of nitrogens with zero attached hydrogens (tertiary/aromatic N) is 2. The van der Waals surface area contributed by atoms with Crippen LogP contribution in [-0.4, -0.2) is 95.4 Å². The zero-order valence-corrected chi connectivity index (χ0v) is 31.0. The van der Waals surface area contributed by atoms with Crippen molar-refractivity contribution in [3.8, 4) is 0 Å². The fraction of sp³-hybridized carbons (Fsp3) is 0.778. The van der Waals surface area contributed by atoms with Crippen LogP contribution in [0.5, 0.6) is 0 Å². The quantitative estimate of drug-likeness (QED) is 0.244. The lowest BCUT2D eigenvalue weighted by Gasteiger charge is -2.33. The Bertz CT molecular complexity index is 1290. The van der Waals surface area contributed by atoms with Crippen molar-refractivity contribution >= 4 is 39.2 Å². The van der Waals surface area contributed by atoms with Crippen LogP contribution in [0.25, 0.3) is 0 Å². The number of amides is 3. The van der Waals surface area contributed by atoms with E-state index in [-0.39, 0.29) is 53.5 Å². The van der Waals surface area contributed by atoms with Gasteiger partial charge < -0.3 is 29.7 Å². The van der Waals surface area contributed by atoms with Gasteiger partial charge in [0, 0.05) is 11.5 Å². The third-order valence-corrected chi connectivity index (χ3v) is 10.1. The lowest BCUT2D eigenvalue weighted by atomic mass is 9.86. The van der Waals surface area contributed by atoms with E-state index in [0.717, 1.165) is 24.8 Å². The Kier molecular flexibility index (Phi) is 12.5. The highest BCUT2D eigenvalue weighted by Crippen LogP contribution is 2.42. The van der Waals surface area contributed by atoms with Crippen molar-refractivity contribution in [1.29, 1.82) is 0 Å². The second-order valence-electron chi connectivity index (χ2n) is 16.1. The minimum atomic E-state index is -0.768. The van der Waals surface area contributed by atoms with Gasteiger partial charge in [0.2, 0.25) is 21.6 Å². The van der Waals surface area contributed by atoms with E-state index in [4.69, 9.17) is 25.2 Å². The first kappa shape index (κ1) is 39.8. The topological polar surface area (TPSA) is 125 Å². The number of carbonyl (C=O) groups excluding carboxylic acids is 3. The summed E-state index contributed by atoms with van der Waals surface area (Å²) in [5.41, 5.74) is 0.611. The van der Waals surface area contributed by atoms with E-state index in [9.17, 15) is 24.3 Å². The van der Waals surface area contributed by atoms with Crippen LogP contribution >= 0.6 is 0 Å². The Labute approximate surface area is 290 Å². The lowest BCUT2D eigenvalue weighted by Crippen LogP contribution is -2.48. The molecule has 0 spiro atoms. The molecule has 2 aliphatic heterocycles. The number of hydrogen-bond donors (Lipinski definition) is 2. The number of aliphatic carboxylic acids is 1. The smallest absolute Gasteiger partial charge is 0.307 e. The molecule has 2 aliphatic carbocycles. The SMILES string of the molecule is [B]C(=O)N1[C@@H](CC)[C@@H](CC2C=C(C)CC2C(=O)NC(C)(C)C)OC1(C)C.[B]C(=O)N1[C@@H](CC)[C@@H](CC2C=C(C)CC2C(=O)O)OC1(C)C. The Morgan fingerprint density at radius 2 is 1.19 bits per heavy atom. The predicted molar refractivity (Wildman–Crippen MR) is 188 cm³/mol. The standard InChI is InChI=1S/C20H33BN2O3.C16H24BNO4/c1-8-15-16(26-20(6,7)23(15)18(21)25)11-13-9-12(2)10-14(13)17(24)22-19(3,4)5;1-5-12-13(22-16(3,4)18(12)15(17)21)8-10-6-9(2)7-11(10)14(19)20/h9,13-16H,8,10-11H2,1-7H3,(H,22,24);6,10-13H,5,7-8H2,1-4H3,(H,19,20)/t13?,14?,15-,16+;10?,11?,12-,13+/m00/s1. The summed E-state index contributed by atoms with van der Waals surface area (Å²) in [5, 5.41) is 12.5. The molecule has 3 amide bonds. The molecular weight excluding hydrogens is 608 g/mol. The Hall–Kier alpha value is -2.59. The Morgan fingerprint density at radius 3 is 1.52 bits per heavy atom. The Morgan fingerprint density at radius 1 is 0.812 bits per heavy atom. The summed E-state index contributed by atoms with van der Waals surface area (Å²) in [5.74, 6) is -2.05. The van der Waals surface area contributed by atoms with Gasteiger partial charge in [0.25, 0.3) is 0 Å². The van der Waals surface area contributed by atoms with Gasteiger partial charge in [-0.1, -0.05) is 37.1 Å². The van der Waals surface area contributed by atoms with Gasteiger partial charge in [-0.2, -0.15) is 0 Å². The van der Waals surface area contributed by atoms with Crippen LogP contribution in [-0.2, 0) is 19.1 Å². The van der Waals surface area contributed by atoms with E-state index in [1.54, 1.807) is 9.80 Å². The largest absolute Gasteiger partial charge is 0.481 e. The maximum absolute atomic E-state index is 12.8. The molecule has 4 radical (unpaired) electrons. The van der Waals surface area contributed by atoms with Crippen LogP contribution in [0.3, 0.4) is 0 Å². The summed E-state index contributed by atoms with van der Waals surface area (Å²) in [6, 6.07) is -0.181. The average molecular weight is 665 g/mol. The van der Waals surface area contributed by atoms with Crippen molar-refractivity contribution in [2.45, 2.75) is 156 Å². The predicted octanol–water partition coefficient (Wildman–Crippen LogP) is 5.93.